The highest BCUT2D eigenvalue weighted by Crippen LogP contribution is 2.04. The van der Waals surface area contributed by atoms with E-state index >= 15 is 0 Å². The van der Waals surface area contributed by atoms with E-state index in [1.165, 1.54) is 12.2 Å². The van der Waals surface area contributed by atoms with Crippen molar-refractivity contribution in [2.45, 2.75) is 6.42 Å². The number of hydrogen-bond donors (Lipinski definition) is 2. The number of carboxylic acids is 1. The second kappa shape index (κ2) is 5.59. The third kappa shape index (κ3) is 4.61. The van der Waals surface area contributed by atoms with Gasteiger partial charge in [-0.05, 0) is 18.2 Å². The Morgan fingerprint density at radius 1 is 1.27 bits per heavy atom. The zero-order valence-electron chi connectivity index (χ0n) is 8.01. The van der Waals surface area contributed by atoms with E-state index in [1.54, 1.807) is 24.3 Å². The summed E-state index contributed by atoms with van der Waals surface area (Å²) >= 11 is 0. The van der Waals surface area contributed by atoms with E-state index in [1.807, 2.05) is 6.07 Å². The van der Waals surface area contributed by atoms with Crippen molar-refractivity contribution < 1.29 is 14.7 Å². The summed E-state index contributed by atoms with van der Waals surface area (Å²) in [5.74, 6) is -1.29. The lowest BCUT2D eigenvalue weighted by Gasteiger charge is -1.99. The molecule has 0 aromatic heterocycles. The number of benzene rings is 1. The highest BCUT2D eigenvalue weighted by Gasteiger charge is 1.96. The van der Waals surface area contributed by atoms with E-state index in [-0.39, 0.29) is 12.3 Å². The smallest absolute Gasteiger partial charge is 0.307 e. The Balaban J connectivity index is 2.43. The molecule has 4 heteroatoms. The van der Waals surface area contributed by atoms with Crippen LogP contribution in [-0.4, -0.2) is 17.0 Å². The zero-order chi connectivity index (χ0) is 11.1. The normalized spacial score (nSPS) is 10.1. The molecule has 1 amide bonds. The predicted molar refractivity (Wildman–Crippen MR) is 56.5 cm³/mol. The first-order chi connectivity index (χ1) is 7.18. The number of carbonyl (C=O) groups is 2. The second-order valence-electron chi connectivity index (χ2n) is 2.86. The van der Waals surface area contributed by atoms with Crippen molar-refractivity contribution in [3.8, 4) is 0 Å². The fourth-order valence-electron chi connectivity index (χ4n) is 0.972. The summed E-state index contributed by atoms with van der Waals surface area (Å²) in [6.07, 6.45) is 2.37. The molecule has 0 heterocycles. The summed E-state index contributed by atoms with van der Waals surface area (Å²) in [6.45, 7) is 0. The summed E-state index contributed by atoms with van der Waals surface area (Å²) in [6, 6.07) is 8.95. The van der Waals surface area contributed by atoms with Crippen LogP contribution in [0.4, 0.5) is 5.69 Å². The van der Waals surface area contributed by atoms with Crippen molar-refractivity contribution in [2.24, 2.45) is 0 Å². The number of aliphatic carboxylic acids is 1. The molecule has 0 bridgehead atoms. The molecule has 4 nitrogen and oxygen atoms in total. The van der Waals surface area contributed by atoms with Crippen molar-refractivity contribution >= 4 is 17.6 Å². The van der Waals surface area contributed by atoms with Crippen molar-refractivity contribution in [3.63, 3.8) is 0 Å². The van der Waals surface area contributed by atoms with Crippen LogP contribution in [0.2, 0.25) is 0 Å². The number of amides is 1. The van der Waals surface area contributed by atoms with Gasteiger partial charge >= 0.3 is 5.97 Å². The number of carbonyl (C=O) groups excluding carboxylic acids is 1. The predicted octanol–water partition coefficient (Wildman–Crippen LogP) is 1.66. The Morgan fingerprint density at radius 2 is 1.93 bits per heavy atom. The first kappa shape index (κ1) is 11.0. The van der Waals surface area contributed by atoms with Gasteiger partial charge in [0.25, 0.3) is 0 Å². The molecule has 0 aliphatic carbocycles. The first-order valence-electron chi connectivity index (χ1n) is 4.43. The number of rotatable bonds is 4. The minimum atomic E-state index is -0.959. The van der Waals surface area contributed by atoms with Gasteiger partial charge < -0.3 is 10.4 Å². The molecule has 0 spiro atoms. The van der Waals surface area contributed by atoms with E-state index < -0.39 is 5.97 Å². The second-order valence-corrected chi connectivity index (χ2v) is 2.86. The minimum absolute atomic E-state index is 0.151. The Morgan fingerprint density at radius 3 is 2.53 bits per heavy atom. The van der Waals surface area contributed by atoms with Crippen LogP contribution in [0, 0.1) is 0 Å². The molecule has 78 valence electrons. The highest BCUT2D eigenvalue weighted by atomic mass is 16.4. The molecule has 0 aliphatic heterocycles. The zero-order valence-corrected chi connectivity index (χ0v) is 8.01. The van der Waals surface area contributed by atoms with Crippen LogP contribution in [0.1, 0.15) is 6.42 Å². The SMILES string of the molecule is O=C(O)C/C=C\C(=O)Nc1ccccc1. The molecule has 0 fully saturated rings. The van der Waals surface area contributed by atoms with Crippen LogP contribution in [0.3, 0.4) is 0 Å². The summed E-state index contributed by atoms with van der Waals surface area (Å²) in [5, 5.41) is 10.9. The van der Waals surface area contributed by atoms with Crippen molar-refractivity contribution in [1.82, 2.24) is 0 Å². The molecule has 0 aliphatic rings. The van der Waals surface area contributed by atoms with Crippen LogP contribution in [-0.2, 0) is 9.59 Å². The van der Waals surface area contributed by atoms with Gasteiger partial charge in [-0.15, -0.1) is 0 Å². The molecule has 1 aromatic rings. The van der Waals surface area contributed by atoms with Gasteiger partial charge in [0.05, 0.1) is 6.42 Å². The quantitative estimate of drug-likeness (QED) is 0.734. The lowest BCUT2D eigenvalue weighted by molar-refractivity contribution is -0.135. The van der Waals surface area contributed by atoms with Crippen LogP contribution in [0.5, 0.6) is 0 Å². The summed E-state index contributed by atoms with van der Waals surface area (Å²) < 4.78 is 0. The third-order valence-electron chi connectivity index (χ3n) is 1.60. The fourth-order valence-corrected chi connectivity index (χ4v) is 0.972. The topological polar surface area (TPSA) is 66.4 Å². The lowest BCUT2D eigenvalue weighted by Crippen LogP contribution is -2.07. The molecular formula is C11H11NO3. The summed E-state index contributed by atoms with van der Waals surface area (Å²) in [5.41, 5.74) is 0.683. The fraction of sp³-hybridized carbons (Fsp3) is 0.0909. The van der Waals surface area contributed by atoms with Crippen LogP contribution in [0.15, 0.2) is 42.5 Å². The van der Waals surface area contributed by atoms with Gasteiger partial charge in [0.2, 0.25) is 5.91 Å². The van der Waals surface area contributed by atoms with Gasteiger partial charge in [0, 0.05) is 5.69 Å². The average Bonchev–Trinajstić information content (AvgIpc) is 2.18. The number of anilines is 1. The molecule has 0 unspecified atom stereocenters. The Hall–Kier alpha value is -2.10. The van der Waals surface area contributed by atoms with E-state index in [2.05, 4.69) is 5.32 Å². The Kier molecular flexibility index (Phi) is 4.09. The standard InChI is InChI=1S/C11H11NO3/c13-10(7-4-8-11(14)15)12-9-5-2-1-3-6-9/h1-7H,8H2,(H,12,13)(H,14,15)/b7-4-. The molecule has 1 aromatic carbocycles. The van der Waals surface area contributed by atoms with E-state index in [0.717, 1.165) is 0 Å². The van der Waals surface area contributed by atoms with Crippen LogP contribution < -0.4 is 5.32 Å². The van der Waals surface area contributed by atoms with Crippen LogP contribution in [0.25, 0.3) is 0 Å². The first-order valence-corrected chi connectivity index (χ1v) is 4.43. The van der Waals surface area contributed by atoms with E-state index in [4.69, 9.17) is 5.11 Å². The van der Waals surface area contributed by atoms with Crippen molar-refractivity contribution in [1.29, 1.82) is 0 Å². The van der Waals surface area contributed by atoms with E-state index in [9.17, 15) is 9.59 Å². The van der Waals surface area contributed by atoms with Gasteiger partial charge in [0.1, 0.15) is 0 Å². The highest BCUT2D eigenvalue weighted by molar-refractivity contribution is 5.99. The summed E-state index contributed by atoms with van der Waals surface area (Å²) in [4.78, 5) is 21.4. The largest absolute Gasteiger partial charge is 0.481 e. The average molecular weight is 205 g/mol. The molecule has 0 saturated heterocycles. The van der Waals surface area contributed by atoms with Gasteiger partial charge in [-0.3, -0.25) is 9.59 Å². The molecular weight excluding hydrogens is 194 g/mol. The van der Waals surface area contributed by atoms with Gasteiger partial charge in [0.15, 0.2) is 0 Å². The monoisotopic (exact) mass is 205 g/mol. The maximum atomic E-state index is 11.2. The molecule has 2 N–H and O–H groups in total. The molecule has 0 saturated carbocycles. The number of carboxylic acid groups (broad SMARTS) is 1. The molecule has 15 heavy (non-hydrogen) atoms. The van der Waals surface area contributed by atoms with Crippen molar-refractivity contribution in [2.75, 3.05) is 5.32 Å². The number of para-hydroxylation sites is 1. The maximum Gasteiger partial charge on any atom is 0.307 e. The Bertz CT molecular complexity index is 371. The summed E-state index contributed by atoms with van der Waals surface area (Å²) in [7, 11) is 0. The van der Waals surface area contributed by atoms with Gasteiger partial charge in [-0.1, -0.05) is 24.3 Å². The van der Waals surface area contributed by atoms with E-state index in [0.29, 0.717) is 5.69 Å². The third-order valence-corrected chi connectivity index (χ3v) is 1.60. The maximum absolute atomic E-state index is 11.2. The number of hydrogen-bond acceptors (Lipinski definition) is 2. The van der Waals surface area contributed by atoms with Crippen molar-refractivity contribution in [3.05, 3.63) is 42.5 Å². The van der Waals surface area contributed by atoms with Gasteiger partial charge in [-0.2, -0.15) is 0 Å². The lowest BCUT2D eigenvalue weighted by atomic mass is 10.3. The molecule has 0 radical (unpaired) electrons. The number of nitrogens with one attached hydrogen (secondary N) is 1. The molecule has 1 rings (SSSR count). The minimum Gasteiger partial charge on any atom is -0.481 e. The molecule has 0 atom stereocenters. The van der Waals surface area contributed by atoms with Crippen LogP contribution >= 0.6 is 0 Å². The Labute approximate surface area is 87.2 Å². The van der Waals surface area contributed by atoms with Gasteiger partial charge in [-0.25, -0.2) is 0 Å².